The first-order valence-electron chi connectivity index (χ1n) is 21.1. The summed E-state index contributed by atoms with van der Waals surface area (Å²) in [6, 6.07) is 82.3. The molecule has 1 aliphatic heterocycles. The van der Waals surface area contributed by atoms with Gasteiger partial charge in [-0.05, 0) is 79.2 Å². The summed E-state index contributed by atoms with van der Waals surface area (Å²) in [5.41, 5.74) is 12.5. The lowest BCUT2D eigenvalue weighted by Crippen LogP contribution is -2.32. The van der Waals surface area contributed by atoms with Crippen LogP contribution in [0.1, 0.15) is 22.3 Å². The largest absolute Gasteiger partial charge is 0.455 e. The highest BCUT2D eigenvalue weighted by atomic mass is 16.5. The van der Waals surface area contributed by atoms with Crippen LogP contribution in [0.25, 0.3) is 65.3 Å². The Hall–Kier alpha value is -7.94. The van der Waals surface area contributed by atoms with Gasteiger partial charge in [-0.1, -0.05) is 200 Å². The summed E-state index contributed by atoms with van der Waals surface area (Å²) in [4.78, 5) is 2.45. The molecule has 0 saturated heterocycles. The highest BCUT2D eigenvalue weighted by Gasteiger charge is 2.52. The number of hydrogen-bond donors (Lipinski definition) is 0. The molecule has 0 aromatic heterocycles. The summed E-state index contributed by atoms with van der Waals surface area (Å²) in [6.45, 7) is 0. The molecule has 13 rings (SSSR count). The fourth-order valence-electron chi connectivity index (χ4n) is 10.7. The molecule has 1 spiro atoms. The Bertz CT molecular complexity index is 3420. The third-order valence-electron chi connectivity index (χ3n) is 13.3. The number of nitrogens with zero attached hydrogens (tertiary/aromatic N) is 1. The molecule has 61 heavy (non-hydrogen) atoms. The predicted molar refractivity (Wildman–Crippen MR) is 254 cm³/mol. The zero-order valence-electron chi connectivity index (χ0n) is 33.2. The molecule has 0 radical (unpaired) electrons. The Morgan fingerprint density at radius 1 is 0.328 bits per heavy atom. The third-order valence-corrected chi connectivity index (χ3v) is 13.3. The van der Waals surface area contributed by atoms with Gasteiger partial charge in [0.15, 0.2) is 0 Å². The van der Waals surface area contributed by atoms with Crippen LogP contribution in [0.5, 0.6) is 11.5 Å². The second kappa shape index (κ2) is 13.0. The van der Waals surface area contributed by atoms with Crippen LogP contribution in [0.15, 0.2) is 224 Å². The lowest BCUT2D eigenvalue weighted by molar-refractivity contribution is 0.447. The van der Waals surface area contributed by atoms with E-state index in [1.54, 1.807) is 0 Å². The first kappa shape index (κ1) is 34.0. The van der Waals surface area contributed by atoms with Gasteiger partial charge in [0.05, 0.1) is 16.8 Å². The van der Waals surface area contributed by atoms with Crippen molar-refractivity contribution >= 4 is 60.2 Å². The van der Waals surface area contributed by atoms with Crippen LogP contribution in [-0.2, 0) is 5.41 Å². The lowest BCUT2D eigenvalue weighted by Gasteiger charge is -2.40. The molecule has 2 aliphatic rings. The van der Waals surface area contributed by atoms with Crippen molar-refractivity contribution in [3.05, 3.63) is 247 Å². The van der Waals surface area contributed by atoms with Crippen LogP contribution in [0, 0.1) is 0 Å². The van der Waals surface area contributed by atoms with Crippen molar-refractivity contribution in [1.82, 2.24) is 0 Å². The van der Waals surface area contributed by atoms with Crippen LogP contribution >= 0.6 is 0 Å². The molecule has 1 aliphatic carbocycles. The Kier molecular flexibility index (Phi) is 7.26. The van der Waals surface area contributed by atoms with Crippen molar-refractivity contribution in [3.63, 3.8) is 0 Å². The molecular weight excluding hydrogens is 739 g/mol. The summed E-state index contributed by atoms with van der Waals surface area (Å²) in [7, 11) is 0. The molecule has 0 saturated carbocycles. The number of rotatable bonds is 4. The standard InChI is InChI=1S/C59H37NO/c1-5-23-44-38(15-1)19-12-31-54(44)60(55-32-13-20-39-16-2-6-24-45(39)55)43-22-11-21-42(37-43)46-28-14-30-51-56(46)49-27-9-10-29-50(49)59(51)52-35-33-40-17-3-7-25-47(40)57(52)61-58-48-26-8-4-18-41(48)34-36-53(58)59/h1-37H. The Balaban J connectivity index is 1.09. The zero-order valence-corrected chi connectivity index (χ0v) is 33.2. The maximum Gasteiger partial charge on any atom is 0.140 e. The van der Waals surface area contributed by atoms with Gasteiger partial charge in [-0.15, -0.1) is 0 Å². The van der Waals surface area contributed by atoms with E-state index in [2.05, 4.69) is 229 Å². The minimum absolute atomic E-state index is 0.617. The van der Waals surface area contributed by atoms with Gasteiger partial charge in [0.25, 0.3) is 0 Å². The molecule has 0 unspecified atom stereocenters. The second-order valence-corrected chi connectivity index (χ2v) is 16.3. The molecule has 0 atom stereocenters. The quantitative estimate of drug-likeness (QED) is 0.177. The van der Waals surface area contributed by atoms with Gasteiger partial charge < -0.3 is 9.64 Å². The molecule has 0 bridgehead atoms. The van der Waals surface area contributed by atoms with E-state index in [1.165, 1.54) is 71.3 Å². The first-order valence-corrected chi connectivity index (χ1v) is 21.1. The maximum absolute atomic E-state index is 7.22. The van der Waals surface area contributed by atoms with Crippen molar-refractivity contribution < 1.29 is 4.74 Å². The van der Waals surface area contributed by atoms with Crippen molar-refractivity contribution in [2.24, 2.45) is 0 Å². The molecule has 2 heteroatoms. The Labute approximate surface area is 354 Å². The van der Waals surface area contributed by atoms with E-state index in [-0.39, 0.29) is 0 Å². The monoisotopic (exact) mass is 775 g/mol. The molecule has 1 heterocycles. The van der Waals surface area contributed by atoms with Crippen molar-refractivity contribution in [1.29, 1.82) is 0 Å². The van der Waals surface area contributed by atoms with Crippen molar-refractivity contribution in [2.45, 2.75) is 5.41 Å². The van der Waals surface area contributed by atoms with E-state index >= 15 is 0 Å². The summed E-state index contributed by atoms with van der Waals surface area (Å²) in [6.07, 6.45) is 0. The molecule has 2 nitrogen and oxygen atoms in total. The van der Waals surface area contributed by atoms with Crippen molar-refractivity contribution in [2.75, 3.05) is 4.90 Å². The molecule has 0 fully saturated rings. The summed E-state index contributed by atoms with van der Waals surface area (Å²) in [5, 5.41) is 9.40. The van der Waals surface area contributed by atoms with Gasteiger partial charge in [-0.25, -0.2) is 0 Å². The molecule has 11 aromatic rings. The average molecular weight is 776 g/mol. The summed E-state index contributed by atoms with van der Waals surface area (Å²) < 4.78 is 7.22. The van der Waals surface area contributed by atoms with Crippen LogP contribution in [-0.4, -0.2) is 0 Å². The number of anilines is 3. The Morgan fingerprint density at radius 2 is 0.787 bits per heavy atom. The topological polar surface area (TPSA) is 12.5 Å². The van der Waals surface area contributed by atoms with Gasteiger partial charge in [-0.2, -0.15) is 0 Å². The summed E-state index contributed by atoms with van der Waals surface area (Å²) >= 11 is 0. The van der Waals surface area contributed by atoms with Crippen LogP contribution in [0.2, 0.25) is 0 Å². The minimum Gasteiger partial charge on any atom is -0.455 e. The Morgan fingerprint density at radius 3 is 1.41 bits per heavy atom. The van der Waals surface area contributed by atoms with Gasteiger partial charge in [0, 0.05) is 38.4 Å². The second-order valence-electron chi connectivity index (χ2n) is 16.3. The fourth-order valence-corrected chi connectivity index (χ4v) is 10.7. The van der Waals surface area contributed by atoms with E-state index in [0.29, 0.717) is 0 Å². The molecule has 0 N–H and O–H groups in total. The number of benzene rings is 11. The number of hydrogen-bond acceptors (Lipinski definition) is 2. The molecule has 11 aromatic carbocycles. The van der Waals surface area contributed by atoms with E-state index in [4.69, 9.17) is 4.74 Å². The zero-order chi connectivity index (χ0) is 40.1. The fraction of sp³-hybridized carbons (Fsp3) is 0.0169. The van der Waals surface area contributed by atoms with Gasteiger partial charge in [-0.3, -0.25) is 0 Å². The smallest absolute Gasteiger partial charge is 0.140 e. The van der Waals surface area contributed by atoms with E-state index < -0.39 is 5.41 Å². The van der Waals surface area contributed by atoms with Crippen LogP contribution < -0.4 is 9.64 Å². The van der Waals surface area contributed by atoms with Gasteiger partial charge in [0.1, 0.15) is 11.5 Å². The highest BCUT2D eigenvalue weighted by Crippen LogP contribution is 2.65. The molecule has 284 valence electrons. The average Bonchev–Trinajstić information content (AvgIpc) is 3.62. The first-order chi connectivity index (χ1) is 30.3. The lowest BCUT2D eigenvalue weighted by atomic mass is 9.65. The SMILES string of the molecule is c1cc(-c2cccc3c2-c2ccccc2C32c3ccc4ccccc4c3Oc3c2ccc2ccccc32)cc(N(c2cccc3ccccc23)c2cccc3ccccc23)c1. The predicted octanol–water partition coefficient (Wildman–Crippen LogP) is 15.9. The molecule has 0 amide bonds. The highest BCUT2D eigenvalue weighted by molar-refractivity contribution is 6.06. The summed E-state index contributed by atoms with van der Waals surface area (Å²) in [5.74, 6) is 1.86. The van der Waals surface area contributed by atoms with Gasteiger partial charge in [0.2, 0.25) is 0 Å². The van der Waals surface area contributed by atoms with E-state index in [0.717, 1.165) is 44.9 Å². The molecular formula is C59H37NO. The normalized spacial score (nSPS) is 13.2. The third kappa shape index (κ3) is 4.79. The van der Waals surface area contributed by atoms with Gasteiger partial charge >= 0.3 is 0 Å². The number of ether oxygens (including phenoxy) is 1. The van der Waals surface area contributed by atoms with Crippen LogP contribution in [0.4, 0.5) is 17.1 Å². The van der Waals surface area contributed by atoms with E-state index in [1.807, 2.05) is 0 Å². The maximum atomic E-state index is 7.22. The van der Waals surface area contributed by atoms with Crippen molar-refractivity contribution in [3.8, 4) is 33.8 Å². The minimum atomic E-state index is -0.617. The van der Waals surface area contributed by atoms with E-state index in [9.17, 15) is 0 Å². The van der Waals surface area contributed by atoms with Crippen LogP contribution in [0.3, 0.4) is 0 Å². The number of fused-ring (bicyclic) bond motifs is 15.